The molecule has 1 unspecified atom stereocenters. The zero-order chi connectivity index (χ0) is 23.4. The molecule has 1 aromatic heterocycles. The number of nitrogens with zero attached hydrogens (tertiary/aromatic N) is 1. The Bertz CT molecular complexity index is 1480. The molecule has 33 heavy (non-hydrogen) atoms. The number of aryl methyl sites for hydroxylation is 4. The lowest BCUT2D eigenvalue weighted by molar-refractivity contribution is 0.0971. The normalized spacial score (nSPS) is 15.4. The second kappa shape index (κ2) is 7.89. The Kier molecular flexibility index (Phi) is 5.13. The van der Waals surface area contributed by atoms with E-state index in [9.17, 15) is 9.59 Å². The monoisotopic (exact) mass is 457 g/mol. The summed E-state index contributed by atoms with van der Waals surface area (Å²) in [6, 6.07) is 16.6. The van der Waals surface area contributed by atoms with Crippen molar-refractivity contribution in [1.29, 1.82) is 0 Å². The molecule has 0 saturated heterocycles. The van der Waals surface area contributed by atoms with Gasteiger partial charge in [-0.2, -0.15) is 0 Å². The SMILES string of the molecule is CCc1ccc(C2c3c(oc4cc(C)c(C)cc4c3=O)C(=O)N2c2ccc(C)c(Cl)c2)cc1. The summed E-state index contributed by atoms with van der Waals surface area (Å²) < 4.78 is 6.11. The second-order valence-corrected chi connectivity index (χ2v) is 9.12. The predicted molar refractivity (Wildman–Crippen MR) is 133 cm³/mol. The van der Waals surface area contributed by atoms with Crippen LogP contribution in [-0.2, 0) is 6.42 Å². The molecule has 4 aromatic rings. The topological polar surface area (TPSA) is 50.5 Å². The fraction of sp³-hybridized carbons (Fsp3) is 0.214. The van der Waals surface area contributed by atoms with Crippen LogP contribution in [0.2, 0.25) is 5.02 Å². The summed E-state index contributed by atoms with van der Waals surface area (Å²) in [6.45, 7) is 7.93. The van der Waals surface area contributed by atoms with E-state index in [-0.39, 0.29) is 17.1 Å². The highest BCUT2D eigenvalue weighted by molar-refractivity contribution is 6.31. The Morgan fingerprint density at radius 1 is 0.909 bits per heavy atom. The van der Waals surface area contributed by atoms with E-state index in [1.807, 2.05) is 69.3 Å². The number of anilines is 1. The number of rotatable bonds is 3. The summed E-state index contributed by atoms with van der Waals surface area (Å²) in [5, 5.41) is 1.05. The van der Waals surface area contributed by atoms with Crippen molar-refractivity contribution >= 4 is 34.2 Å². The lowest BCUT2D eigenvalue weighted by atomic mass is 9.96. The molecule has 166 valence electrons. The summed E-state index contributed by atoms with van der Waals surface area (Å²) in [5.74, 6) is -0.247. The third-order valence-electron chi connectivity index (χ3n) is 6.62. The molecule has 0 aliphatic carbocycles. The summed E-state index contributed by atoms with van der Waals surface area (Å²) in [7, 11) is 0. The largest absolute Gasteiger partial charge is 0.450 e. The van der Waals surface area contributed by atoms with Crippen LogP contribution in [0.15, 0.2) is 63.8 Å². The van der Waals surface area contributed by atoms with Gasteiger partial charge >= 0.3 is 0 Å². The van der Waals surface area contributed by atoms with E-state index < -0.39 is 6.04 Å². The number of benzene rings is 3. The van der Waals surface area contributed by atoms with Crippen molar-refractivity contribution in [2.75, 3.05) is 4.90 Å². The summed E-state index contributed by atoms with van der Waals surface area (Å²) in [5.41, 5.74) is 6.22. The van der Waals surface area contributed by atoms with Crippen LogP contribution >= 0.6 is 11.6 Å². The van der Waals surface area contributed by atoms with Crippen LogP contribution in [0.1, 0.15) is 56.9 Å². The fourth-order valence-electron chi connectivity index (χ4n) is 4.48. The lowest BCUT2D eigenvalue weighted by Crippen LogP contribution is -2.29. The minimum Gasteiger partial charge on any atom is -0.450 e. The Morgan fingerprint density at radius 2 is 1.61 bits per heavy atom. The van der Waals surface area contributed by atoms with Crippen LogP contribution in [0.3, 0.4) is 0 Å². The van der Waals surface area contributed by atoms with Crippen LogP contribution in [-0.4, -0.2) is 5.91 Å². The van der Waals surface area contributed by atoms with E-state index in [1.165, 1.54) is 5.56 Å². The van der Waals surface area contributed by atoms with Gasteiger partial charge in [0.15, 0.2) is 5.43 Å². The standard InChI is InChI=1S/C28H24ClNO3/c1-5-18-7-9-19(10-8-18)25-24-26(31)21-12-16(3)17(4)13-23(21)33-27(24)28(32)30(25)20-11-6-15(2)22(29)14-20/h6-14,25H,5H2,1-4H3. The molecule has 4 nitrogen and oxygen atoms in total. The number of fused-ring (bicyclic) bond motifs is 2. The average molecular weight is 458 g/mol. The van der Waals surface area contributed by atoms with Crippen molar-refractivity contribution in [3.8, 4) is 0 Å². The summed E-state index contributed by atoms with van der Waals surface area (Å²) >= 11 is 6.41. The van der Waals surface area contributed by atoms with Gasteiger partial charge in [0.05, 0.1) is 17.0 Å². The molecule has 3 aromatic carbocycles. The highest BCUT2D eigenvalue weighted by Crippen LogP contribution is 2.42. The predicted octanol–water partition coefficient (Wildman–Crippen LogP) is 6.68. The van der Waals surface area contributed by atoms with Gasteiger partial charge < -0.3 is 4.42 Å². The highest BCUT2D eigenvalue weighted by atomic mass is 35.5. The van der Waals surface area contributed by atoms with E-state index in [0.717, 1.165) is 28.7 Å². The molecule has 0 spiro atoms. The Labute approximate surface area is 197 Å². The van der Waals surface area contributed by atoms with Gasteiger partial charge in [0.2, 0.25) is 5.76 Å². The number of carbonyl (C=O) groups excluding carboxylic acids is 1. The first-order valence-electron chi connectivity index (χ1n) is 11.1. The Balaban J connectivity index is 1.81. The van der Waals surface area contributed by atoms with Crippen molar-refractivity contribution in [2.45, 2.75) is 40.2 Å². The van der Waals surface area contributed by atoms with Crippen LogP contribution in [0.4, 0.5) is 5.69 Å². The first-order valence-corrected chi connectivity index (χ1v) is 11.4. The minimum absolute atomic E-state index is 0.0945. The van der Waals surface area contributed by atoms with Crippen molar-refractivity contribution in [1.82, 2.24) is 0 Å². The molecule has 5 heteroatoms. The number of hydrogen-bond donors (Lipinski definition) is 0. The first-order chi connectivity index (χ1) is 15.8. The second-order valence-electron chi connectivity index (χ2n) is 8.71. The third kappa shape index (κ3) is 3.37. The molecular formula is C28H24ClNO3. The van der Waals surface area contributed by atoms with E-state index in [1.54, 1.807) is 11.0 Å². The molecule has 0 bridgehead atoms. The average Bonchev–Trinajstić information content (AvgIpc) is 3.10. The number of carbonyl (C=O) groups is 1. The zero-order valence-corrected chi connectivity index (χ0v) is 19.8. The maximum absolute atomic E-state index is 13.8. The van der Waals surface area contributed by atoms with Gasteiger partial charge in [-0.25, -0.2) is 0 Å². The number of halogens is 1. The van der Waals surface area contributed by atoms with Crippen molar-refractivity contribution in [2.24, 2.45) is 0 Å². The van der Waals surface area contributed by atoms with Crippen LogP contribution in [0, 0.1) is 20.8 Å². The molecular weight excluding hydrogens is 434 g/mol. The Morgan fingerprint density at radius 3 is 2.27 bits per heavy atom. The number of amides is 1. The van der Waals surface area contributed by atoms with Crippen LogP contribution < -0.4 is 10.3 Å². The van der Waals surface area contributed by atoms with E-state index >= 15 is 0 Å². The molecule has 1 amide bonds. The Hall–Kier alpha value is -3.37. The molecule has 0 fully saturated rings. The zero-order valence-electron chi connectivity index (χ0n) is 19.0. The number of hydrogen-bond acceptors (Lipinski definition) is 3. The third-order valence-corrected chi connectivity index (χ3v) is 7.03. The van der Waals surface area contributed by atoms with Gasteiger partial charge in [-0.3, -0.25) is 14.5 Å². The molecule has 1 aliphatic rings. The van der Waals surface area contributed by atoms with Gasteiger partial charge in [0, 0.05) is 10.7 Å². The maximum atomic E-state index is 13.8. The maximum Gasteiger partial charge on any atom is 0.295 e. The first kappa shape index (κ1) is 21.5. The molecule has 0 radical (unpaired) electrons. The summed E-state index contributed by atoms with van der Waals surface area (Å²) in [4.78, 5) is 29.1. The molecule has 1 aliphatic heterocycles. The van der Waals surface area contributed by atoms with E-state index in [4.69, 9.17) is 16.0 Å². The van der Waals surface area contributed by atoms with Crippen molar-refractivity contribution < 1.29 is 9.21 Å². The van der Waals surface area contributed by atoms with E-state index in [2.05, 4.69) is 6.92 Å². The van der Waals surface area contributed by atoms with Crippen LogP contribution in [0.25, 0.3) is 11.0 Å². The van der Waals surface area contributed by atoms with Gasteiger partial charge in [0.25, 0.3) is 5.91 Å². The van der Waals surface area contributed by atoms with Gasteiger partial charge in [-0.05, 0) is 79.3 Å². The van der Waals surface area contributed by atoms with Crippen LogP contribution in [0.5, 0.6) is 0 Å². The minimum atomic E-state index is -0.598. The van der Waals surface area contributed by atoms with Gasteiger partial charge in [-0.1, -0.05) is 48.9 Å². The molecule has 0 N–H and O–H groups in total. The fourth-order valence-corrected chi connectivity index (χ4v) is 4.65. The molecule has 0 saturated carbocycles. The molecule has 5 rings (SSSR count). The molecule has 1 atom stereocenters. The quantitative estimate of drug-likeness (QED) is 0.344. The van der Waals surface area contributed by atoms with Crippen molar-refractivity contribution in [3.05, 3.63) is 109 Å². The van der Waals surface area contributed by atoms with Crippen molar-refractivity contribution in [3.63, 3.8) is 0 Å². The lowest BCUT2D eigenvalue weighted by Gasteiger charge is -2.26. The smallest absolute Gasteiger partial charge is 0.295 e. The van der Waals surface area contributed by atoms with Gasteiger partial charge in [0.1, 0.15) is 5.58 Å². The molecule has 2 heterocycles. The van der Waals surface area contributed by atoms with Gasteiger partial charge in [-0.15, -0.1) is 0 Å². The summed E-state index contributed by atoms with van der Waals surface area (Å²) in [6.07, 6.45) is 0.906. The highest BCUT2D eigenvalue weighted by Gasteiger charge is 2.43. The van der Waals surface area contributed by atoms with E-state index in [0.29, 0.717) is 27.2 Å².